The molecule has 5 unspecified atom stereocenters. The summed E-state index contributed by atoms with van der Waals surface area (Å²) in [4.78, 5) is 71.4. The molecule has 0 spiro atoms. The number of Topliss-reactive ketones (excluding diaryl/α,β-unsaturated/α-hetero) is 1. The van der Waals surface area contributed by atoms with Crippen LogP contribution in [-0.2, 0) is 28.6 Å². The minimum absolute atomic E-state index is 0.0183. The summed E-state index contributed by atoms with van der Waals surface area (Å²) in [6, 6.07) is 2.63. The van der Waals surface area contributed by atoms with E-state index in [1.807, 2.05) is 61.5 Å². The summed E-state index contributed by atoms with van der Waals surface area (Å²) in [6.07, 6.45) is 7.34. The van der Waals surface area contributed by atoms with Gasteiger partial charge >= 0.3 is 0 Å². The maximum Gasteiger partial charge on any atom is 0.230 e. The molecule has 0 aromatic heterocycles. The van der Waals surface area contributed by atoms with Gasteiger partial charge in [-0.05, 0) is 125 Å². The Morgan fingerprint density at radius 2 is 1.23 bits per heavy atom. The molecule has 3 aliphatic carbocycles. The number of ketones is 1. The van der Waals surface area contributed by atoms with Gasteiger partial charge in [-0.25, -0.2) is 0 Å². The minimum Gasteiger partial charge on any atom is -0.505 e. The third-order valence-electron chi connectivity index (χ3n) is 16.3. The smallest absolute Gasteiger partial charge is 0.230 e. The zero-order chi connectivity index (χ0) is 54.5. The molecule has 5 atom stereocenters. The van der Waals surface area contributed by atoms with Gasteiger partial charge in [-0.1, -0.05) is 11.6 Å². The number of phenols is 1. The molecule has 2 fully saturated rings. The number of nitrogens with one attached hydrogen (secondary N) is 4. The molecule has 0 heterocycles. The summed E-state index contributed by atoms with van der Waals surface area (Å²) < 4.78 is 35.9. The van der Waals surface area contributed by atoms with E-state index in [-0.39, 0.29) is 86.4 Å². The van der Waals surface area contributed by atoms with E-state index in [4.69, 9.17) is 28.4 Å². The Kier molecular flexibility index (Phi) is 15.9. The number of carbonyl (C=O) groups excluding carboxylic acids is 3. The van der Waals surface area contributed by atoms with Gasteiger partial charge in [0.25, 0.3) is 0 Å². The predicted molar refractivity (Wildman–Crippen MR) is 296 cm³/mol. The SMILES string of the molecule is CCOC(C)(C)CCNC(=O)C1CCC(Nc2cc(OC)c3c4c(OC)cc(=O)c5c(O)c(NC6CCC(C(=O)NCCC(C)(C)OCCC(C)(C)OC)C6)c6c(c7c(c(OC)c(=O)c2c37)C(C(C)=O)C(C)=C6)c54)C1. The van der Waals surface area contributed by atoms with Gasteiger partial charge in [-0.2, -0.15) is 0 Å². The van der Waals surface area contributed by atoms with E-state index in [2.05, 4.69) is 21.3 Å². The van der Waals surface area contributed by atoms with Gasteiger partial charge in [0, 0.05) is 101 Å². The first kappa shape index (κ1) is 55.3. The molecular formula is C59H78N4O12. The Bertz CT molecular complexity index is 3160. The van der Waals surface area contributed by atoms with Crippen LogP contribution in [0, 0.1) is 11.8 Å². The molecule has 8 rings (SSSR count). The second kappa shape index (κ2) is 21.6. The third kappa shape index (κ3) is 10.6. The molecule has 75 heavy (non-hydrogen) atoms. The highest BCUT2D eigenvalue weighted by molar-refractivity contribution is 6.40. The fourth-order valence-corrected chi connectivity index (χ4v) is 12.1. The Balaban J connectivity index is 1.22. The van der Waals surface area contributed by atoms with Crippen LogP contribution in [0.4, 0.5) is 11.4 Å². The molecule has 5 aromatic carbocycles. The molecular weight excluding hydrogens is 957 g/mol. The van der Waals surface area contributed by atoms with Crippen LogP contribution in [0.3, 0.4) is 0 Å². The lowest BCUT2D eigenvalue weighted by atomic mass is 9.80. The van der Waals surface area contributed by atoms with E-state index < -0.39 is 22.4 Å². The van der Waals surface area contributed by atoms with Crippen LogP contribution in [-0.4, -0.2) is 106 Å². The average Bonchev–Trinajstić information content (AvgIpc) is 4.00. The van der Waals surface area contributed by atoms with E-state index in [1.165, 1.54) is 34.3 Å². The van der Waals surface area contributed by atoms with Gasteiger partial charge in [0.1, 0.15) is 17.3 Å². The lowest BCUT2D eigenvalue weighted by Crippen LogP contribution is -2.36. The van der Waals surface area contributed by atoms with Crippen molar-refractivity contribution in [1.82, 2.24) is 10.6 Å². The van der Waals surface area contributed by atoms with Gasteiger partial charge in [0.15, 0.2) is 16.9 Å². The van der Waals surface area contributed by atoms with Crippen LogP contribution >= 0.6 is 0 Å². The number of hydrogen-bond acceptors (Lipinski definition) is 14. The summed E-state index contributed by atoms with van der Waals surface area (Å²) in [7, 11) is 6.10. The normalized spacial score (nSPS) is 20.0. The number of hydrogen-bond donors (Lipinski definition) is 5. The highest BCUT2D eigenvalue weighted by Gasteiger charge is 2.40. The van der Waals surface area contributed by atoms with E-state index >= 15 is 4.79 Å². The topological polar surface area (TPSA) is 209 Å². The Morgan fingerprint density at radius 1 is 0.667 bits per heavy atom. The van der Waals surface area contributed by atoms with E-state index in [1.54, 1.807) is 13.2 Å². The third-order valence-corrected chi connectivity index (χ3v) is 16.3. The Morgan fingerprint density at radius 3 is 1.77 bits per heavy atom. The number of rotatable bonds is 23. The number of amides is 2. The molecule has 16 nitrogen and oxygen atoms in total. The van der Waals surface area contributed by atoms with Crippen molar-refractivity contribution < 1.29 is 47.9 Å². The van der Waals surface area contributed by atoms with Gasteiger partial charge in [0.2, 0.25) is 17.2 Å². The molecule has 0 saturated heterocycles. The number of methoxy groups -OCH3 is 4. The first-order chi connectivity index (χ1) is 35.5. The van der Waals surface area contributed by atoms with Crippen molar-refractivity contribution in [3.8, 4) is 23.0 Å². The van der Waals surface area contributed by atoms with Crippen molar-refractivity contribution in [2.45, 2.75) is 155 Å². The van der Waals surface area contributed by atoms with E-state index in [0.717, 1.165) is 6.42 Å². The maximum absolute atomic E-state index is 15.4. The van der Waals surface area contributed by atoms with Crippen molar-refractivity contribution in [3.05, 3.63) is 49.3 Å². The standard InChI is InChI=1S/C59H78N4O12/c1-14-74-58(6,7)19-22-60-55(68)32-15-17-34(26-32)62-37-28-39(70-10)45-46-40(71-11)29-38(65)44-47(46)42-36(25-30(2)41(31(3)64)50-48(42)49(45)43(37)53(67)54(50)72-12)51(52(44)66)63-35-18-16-33(27-35)56(69)61-23-20-59(8,9)75-24-21-57(4,5)73-13/h25,28-29,32-35,41,62-63,66H,14-24,26-27H2,1-13H3,(H,60,68)(H,61,69). The van der Waals surface area contributed by atoms with Crippen molar-refractivity contribution in [2.75, 3.05) is 65.4 Å². The second-order valence-corrected chi connectivity index (χ2v) is 22.8. The molecule has 5 N–H and O–H groups in total. The highest BCUT2D eigenvalue weighted by atomic mass is 16.5. The van der Waals surface area contributed by atoms with Gasteiger partial charge in [-0.3, -0.25) is 24.0 Å². The number of phenolic OH excluding ortho intramolecular Hbond substituents is 1. The molecule has 0 bridgehead atoms. The summed E-state index contributed by atoms with van der Waals surface area (Å²) in [5, 5.41) is 29.3. The highest BCUT2D eigenvalue weighted by Crippen LogP contribution is 2.57. The average molecular weight is 1040 g/mol. The quantitative estimate of drug-likeness (QED) is 0.0235. The Hall–Kier alpha value is -5.97. The molecule has 2 saturated carbocycles. The van der Waals surface area contributed by atoms with Crippen molar-refractivity contribution in [2.24, 2.45) is 11.8 Å². The summed E-state index contributed by atoms with van der Waals surface area (Å²) in [5.74, 6) is -1.59. The zero-order valence-electron chi connectivity index (χ0n) is 46.2. The van der Waals surface area contributed by atoms with Crippen LogP contribution in [0.2, 0.25) is 0 Å². The predicted octanol–water partition coefficient (Wildman–Crippen LogP) is 9.32. The van der Waals surface area contributed by atoms with E-state index in [0.29, 0.717) is 138 Å². The Labute approximate surface area is 439 Å². The number of carbonyl (C=O) groups is 3. The molecule has 406 valence electrons. The molecule has 16 heteroatoms. The van der Waals surface area contributed by atoms with Crippen LogP contribution in [0.1, 0.15) is 137 Å². The van der Waals surface area contributed by atoms with Crippen molar-refractivity contribution in [1.29, 1.82) is 0 Å². The number of anilines is 2. The fraction of sp³-hybridized carbons (Fsp3) is 0.576. The van der Waals surface area contributed by atoms with Crippen molar-refractivity contribution in [3.63, 3.8) is 0 Å². The number of benzene rings is 5. The van der Waals surface area contributed by atoms with Gasteiger partial charge < -0.3 is 54.8 Å². The number of ether oxygens (including phenoxy) is 6. The van der Waals surface area contributed by atoms with Crippen LogP contribution in [0.15, 0.2) is 27.3 Å². The van der Waals surface area contributed by atoms with E-state index in [9.17, 15) is 24.3 Å². The van der Waals surface area contributed by atoms with Crippen LogP contribution in [0.5, 0.6) is 23.0 Å². The van der Waals surface area contributed by atoms with Gasteiger partial charge in [-0.15, -0.1) is 0 Å². The first-order valence-electron chi connectivity index (χ1n) is 26.7. The molecule has 0 aliphatic heterocycles. The van der Waals surface area contributed by atoms with Crippen LogP contribution in [0.25, 0.3) is 49.2 Å². The largest absolute Gasteiger partial charge is 0.505 e. The number of allylic oxidation sites excluding steroid dienone is 1. The maximum atomic E-state index is 15.4. The first-order valence-corrected chi connectivity index (χ1v) is 26.7. The number of fused-ring (bicyclic) bond motifs is 1. The summed E-state index contributed by atoms with van der Waals surface area (Å²) in [5.41, 5.74) is 0.128. The number of aromatic hydroxyl groups is 1. The summed E-state index contributed by atoms with van der Waals surface area (Å²) in [6.45, 7) is 19.4. The molecule has 5 aromatic rings. The monoisotopic (exact) mass is 1030 g/mol. The lowest BCUT2D eigenvalue weighted by Gasteiger charge is -2.29. The summed E-state index contributed by atoms with van der Waals surface area (Å²) >= 11 is 0. The van der Waals surface area contributed by atoms with Crippen molar-refractivity contribution >= 4 is 78.1 Å². The lowest BCUT2D eigenvalue weighted by molar-refractivity contribution is -0.126. The minimum atomic E-state index is -0.959. The van der Waals surface area contributed by atoms with Gasteiger partial charge in [0.05, 0.1) is 72.8 Å². The molecule has 3 aliphatic rings. The second-order valence-electron chi connectivity index (χ2n) is 22.8. The molecule has 2 amide bonds. The van der Waals surface area contributed by atoms with Crippen LogP contribution < -0.4 is 46.3 Å². The fourth-order valence-electron chi connectivity index (χ4n) is 12.1. The zero-order valence-corrected chi connectivity index (χ0v) is 46.2. The molecule has 0 radical (unpaired) electrons.